The standard InChI is InChI=1S/C20H18FN5OS/c21-15-4-1-3-14(11-15)19-20(26-9-8-22-13-17(26)25-19)23-7-6-18(27)24-12-16-5-2-10-28-16/h1-5,8-11,13,23H,6-7,12H2,(H,24,27). The van der Waals surface area contributed by atoms with Gasteiger partial charge in [-0.2, -0.15) is 0 Å². The van der Waals surface area contributed by atoms with Gasteiger partial charge in [-0.15, -0.1) is 11.3 Å². The van der Waals surface area contributed by atoms with E-state index in [2.05, 4.69) is 20.6 Å². The average Bonchev–Trinajstić information content (AvgIpc) is 3.34. The van der Waals surface area contributed by atoms with E-state index in [1.807, 2.05) is 21.9 Å². The van der Waals surface area contributed by atoms with E-state index in [4.69, 9.17) is 0 Å². The van der Waals surface area contributed by atoms with Crippen molar-refractivity contribution in [2.45, 2.75) is 13.0 Å². The number of thiophene rings is 1. The van der Waals surface area contributed by atoms with Gasteiger partial charge in [0.25, 0.3) is 0 Å². The molecule has 28 heavy (non-hydrogen) atoms. The maximum Gasteiger partial charge on any atom is 0.222 e. The van der Waals surface area contributed by atoms with Gasteiger partial charge < -0.3 is 10.6 Å². The molecule has 0 bridgehead atoms. The number of anilines is 1. The summed E-state index contributed by atoms with van der Waals surface area (Å²) >= 11 is 1.61. The lowest BCUT2D eigenvalue weighted by atomic mass is 10.1. The number of hydrogen-bond donors (Lipinski definition) is 2. The molecule has 0 aliphatic carbocycles. The highest BCUT2D eigenvalue weighted by atomic mass is 32.1. The number of benzene rings is 1. The van der Waals surface area contributed by atoms with Crippen LogP contribution in [0.1, 0.15) is 11.3 Å². The van der Waals surface area contributed by atoms with Crippen molar-refractivity contribution < 1.29 is 9.18 Å². The molecule has 0 aliphatic rings. The zero-order valence-electron chi connectivity index (χ0n) is 14.9. The van der Waals surface area contributed by atoms with Gasteiger partial charge in [-0.05, 0) is 23.6 Å². The molecular weight excluding hydrogens is 377 g/mol. The molecule has 0 atom stereocenters. The zero-order valence-corrected chi connectivity index (χ0v) is 15.7. The second kappa shape index (κ2) is 8.18. The Balaban J connectivity index is 1.48. The summed E-state index contributed by atoms with van der Waals surface area (Å²) in [5.41, 5.74) is 1.92. The normalized spacial score (nSPS) is 10.9. The van der Waals surface area contributed by atoms with Crippen LogP contribution in [0.25, 0.3) is 16.9 Å². The van der Waals surface area contributed by atoms with Crippen molar-refractivity contribution in [2.24, 2.45) is 0 Å². The molecule has 0 unspecified atom stereocenters. The lowest BCUT2D eigenvalue weighted by Crippen LogP contribution is -2.24. The summed E-state index contributed by atoms with van der Waals surface area (Å²) in [5, 5.41) is 8.16. The molecular formula is C20H18FN5OS. The first-order valence-corrected chi connectivity index (χ1v) is 9.69. The number of carbonyl (C=O) groups is 1. The topological polar surface area (TPSA) is 71.3 Å². The summed E-state index contributed by atoms with van der Waals surface area (Å²) < 4.78 is 15.5. The first-order chi connectivity index (χ1) is 13.7. The van der Waals surface area contributed by atoms with Crippen LogP contribution in [0, 0.1) is 5.82 Å². The number of amides is 1. The number of nitrogens with one attached hydrogen (secondary N) is 2. The monoisotopic (exact) mass is 395 g/mol. The third-order valence-electron chi connectivity index (χ3n) is 4.21. The Morgan fingerprint density at radius 2 is 2.18 bits per heavy atom. The van der Waals surface area contributed by atoms with Crippen LogP contribution >= 0.6 is 11.3 Å². The number of halogens is 1. The van der Waals surface area contributed by atoms with Gasteiger partial charge in [0.1, 0.15) is 17.3 Å². The summed E-state index contributed by atoms with van der Waals surface area (Å²) in [4.78, 5) is 21.9. The lowest BCUT2D eigenvalue weighted by molar-refractivity contribution is -0.120. The second-order valence-electron chi connectivity index (χ2n) is 6.16. The number of aromatic nitrogens is 3. The number of rotatable bonds is 7. The van der Waals surface area contributed by atoms with E-state index >= 15 is 0 Å². The molecule has 1 aromatic carbocycles. The molecule has 0 saturated carbocycles. The van der Waals surface area contributed by atoms with Crippen LogP contribution in [0.2, 0.25) is 0 Å². The van der Waals surface area contributed by atoms with Crippen molar-refractivity contribution in [2.75, 3.05) is 11.9 Å². The first kappa shape index (κ1) is 18.1. The van der Waals surface area contributed by atoms with Crippen LogP contribution in [0.5, 0.6) is 0 Å². The van der Waals surface area contributed by atoms with E-state index in [9.17, 15) is 9.18 Å². The van der Waals surface area contributed by atoms with Gasteiger partial charge in [0, 0.05) is 35.8 Å². The fraction of sp³-hybridized carbons (Fsp3) is 0.150. The minimum absolute atomic E-state index is 0.0382. The van der Waals surface area contributed by atoms with Gasteiger partial charge in [0.15, 0.2) is 5.65 Å². The predicted molar refractivity (Wildman–Crippen MR) is 108 cm³/mol. The zero-order chi connectivity index (χ0) is 19.3. The summed E-state index contributed by atoms with van der Waals surface area (Å²) in [6.45, 7) is 0.959. The molecule has 4 rings (SSSR count). The van der Waals surface area contributed by atoms with Gasteiger partial charge in [-0.25, -0.2) is 9.37 Å². The summed E-state index contributed by atoms with van der Waals surface area (Å²) in [6, 6.07) is 10.2. The average molecular weight is 395 g/mol. The number of hydrogen-bond acceptors (Lipinski definition) is 5. The number of fused-ring (bicyclic) bond motifs is 1. The number of carbonyl (C=O) groups excluding carboxylic acids is 1. The van der Waals surface area contributed by atoms with Crippen molar-refractivity contribution in [1.82, 2.24) is 19.7 Å². The van der Waals surface area contributed by atoms with Crippen LogP contribution in [0.15, 0.2) is 60.4 Å². The number of imidazole rings is 1. The van der Waals surface area contributed by atoms with E-state index in [0.717, 1.165) is 4.88 Å². The van der Waals surface area contributed by atoms with E-state index in [1.54, 1.807) is 42.1 Å². The maximum atomic E-state index is 13.7. The third-order valence-corrected chi connectivity index (χ3v) is 5.09. The smallest absolute Gasteiger partial charge is 0.222 e. The van der Waals surface area contributed by atoms with E-state index < -0.39 is 0 Å². The van der Waals surface area contributed by atoms with Gasteiger partial charge >= 0.3 is 0 Å². The highest BCUT2D eigenvalue weighted by Crippen LogP contribution is 2.28. The summed E-state index contributed by atoms with van der Waals surface area (Å²) in [6.07, 6.45) is 5.39. The molecule has 3 heterocycles. The molecule has 1 amide bonds. The molecule has 8 heteroatoms. The Hall–Kier alpha value is -3.26. The third kappa shape index (κ3) is 4.01. The molecule has 3 aromatic heterocycles. The predicted octanol–water partition coefficient (Wildman–Crippen LogP) is 3.72. The molecule has 0 aliphatic heterocycles. The highest BCUT2D eigenvalue weighted by Gasteiger charge is 2.15. The van der Waals surface area contributed by atoms with Crippen molar-refractivity contribution in [3.8, 4) is 11.3 Å². The van der Waals surface area contributed by atoms with Crippen LogP contribution < -0.4 is 10.6 Å². The van der Waals surface area contributed by atoms with E-state index in [1.165, 1.54) is 12.1 Å². The van der Waals surface area contributed by atoms with E-state index in [0.29, 0.717) is 42.2 Å². The minimum atomic E-state index is -0.327. The lowest BCUT2D eigenvalue weighted by Gasteiger charge is -2.09. The Morgan fingerprint density at radius 3 is 3.00 bits per heavy atom. The second-order valence-corrected chi connectivity index (χ2v) is 7.19. The van der Waals surface area contributed by atoms with Gasteiger partial charge in [-0.3, -0.25) is 14.2 Å². The van der Waals surface area contributed by atoms with Gasteiger partial charge in [0.05, 0.1) is 12.7 Å². The summed E-state index contributed by atoms with van der Waals surface area (Å²) in [7, 11) is 0. The molecule has 4 aromatic rings. The Morgan fingerprint density at radius 1 is 1.25 bits per heavy atom. The molecule has 0 radical (unpaired) electrons. The molecule has 2 N–H and O–H groups in total. The Labute approximate surface area is 165 Å². The van der Waals surface area contributed by atoms with Gasteiger partial charge in [0.2, 0.25) is 5.91 Å². The minimum Gasteiger partial charge on any atom is -0.369 e. The Kier molecular flexibility index (Phi) is 5.29. The molecule has 6 nitrogen and oxygen atoms in total. The van der Waals surface area contributed by atoms with Crippen molar-refractivity contribution >= 4 is 28.7 Å². The molecule has 0 fully saturated rings. The SMILES string of the molecule is O=C(CCNc1c(-c2cccc(F)c2)nc2cnccn12)NCc1cccs1. The first-order valence-electron chi connectivity index (χ1n) is 8.81. The van der Waals surface area contributed by atoms with Crippen molar-refractivity contribution in [3.63, 3.8) is 0 Å². The van der Waals surface area contributed by atoms with Crippen molar-refractivity contribution in [3.05, 3.63) is 71.1 Å². The fourth-order valence-corrected chi connectivity index (χ4v) is 3.54. The fourth-order valence-electron chi connectivity index (χ4n) is 2.89. The molecule has 0 spiro atoms. The quantitative estimate of drug-likeness (QED) is 0.500. The van der Waals surface area contributed by atoms with Crippen LogP contribution in [0.4, 0.5) is 10.2 Å². The maximum absolute atomic E-state index is 13.7. The molecule has 142 valence electrons. The van der Waals surface area contributed by atoms with Crippen molar-refractivity contribution in [1.29, 1.82) is 0 Å². The summed E-state index contributed by atoms with van der Waals surface area (Å²) in [5.74, 6) is 0.337. The van der Waals surface area contributed by atoms with Crippen LogP contribution in [0.3, 0.4) is 0 Å². The van der Waals surface area contributed by atoms with Crippen LogP contribution in [-0.4, -0.2) is 26.8 Å². The highest BCUT2D eigenvalue weighted by molar-refractivity contribution is 7.09. The van der Waals surface area contributed by atoms with Gasteiger partial charge in [-0.1, -0.05) is 18.2 Å². The number of nitrogens with zero attached hydrogens (tertiary/aromatic N) is 3. The molecule has 0 saturated heterocycles. The van der Waals surface area contributed by atoms with E-state index in [-0.39, 0.29) is 11.7 Å². The Bertz CT molecular complexity index is 1090. The largest absolute Gasteiger partial charge is 0.369 e. The van der Waals surface area contributed by atoms with Crippen LogP contribution in [-0.2, 0) is 11.3 Å².